The van der Waals surface area contributed by atoms with E-state index in [2.05, 4.69) is 14.6 Å². The molecule has 1 N–H and O–H groups in total. The van der Waals surface area contributed by atoms with Crippen molar-refractivity contribution in [3.05, 3.63) is 70.4 Å². The summed E-state index contributed by atoms with van der Waals surface area (Å²) in [6.07, 6.45) is 0.707. The number of halogens is 2. The molecule has 1 aliphatic heterocycles. The summed E-state index contributed by atoms with van der Waals surface area (Å²) in [6, 6.07) is 12.2. The van der Waals surface area contributed by atoms with E-state index in [0.717, 1.165) is 29.2 Å². The van der Waals surface area contributed by atoms with Gasteiger partial charge in [-0.25, -0.2) is 17.8 Å². The summed E-state index contributed by atoms with van der Waals surface area (Å²) in [4.78, 5) is 20.9. The second-order valence-corrected chi connectivity index (χ2v) is 10.5. The molecule has 0 radical (unpaired) electrons. The number of hydrogen-bond acceptors (Lipinski definition) is 6. The Kier molecular flexibility index (Phi) is 7.16. The molecule has 174 valence electrons. The third-order valence-corrected chi connectivity index (χ3v) is 7.93. The van der Waals surface area contributed by atoms with Crippen LogP contribution in [0.1, 0.15) is 12.1 Å². The van der Waals surface area contributed by atoms with Gasteiger partial charge in [-0.1, -0.05) is 23.7 Å². The van der Waals surface area contributed by atoms with Gasteiger partial charge < -0.3 is 9.80 Å². The van der Waals surface area contributed by atoms with Crippen LogP contribution < -0.4 is 9.62 Å². The highest BCUT2D eigenvalue weighted by atomic mass is 35.5. The molecule has 0 spiro atoms. The zero-order chi connectivity index (χ0) is 23.4. The lowest BCUT2D eigenvalue weighted by Gasteiger charge is -2.36. The predicted octanol–water partition coefficient (Wildman–Crippen LogP) is 4.02. The largest absolute Gasteiger partial charge is 0.367 e. The molecule has 0 saturated carbocycles. The number of carbonyl (C=O) groups excluding carboxylic acids is 1. The molecule has 1 aromatic heterocycles. The molecule has 33 heavy (non-hydrogen) atoms. The Hall–Kier alpha value is -2.69. The number of piperazine rings is 1. The predicted molar refractivity (Wildman–Crippen MR) is 128 cm³/mol. The topological polar surface area (TPSA) is 82.6 Å². The van der Waals surface area contributed by atoms with Gasteiger partial charge in [0.1, 0.15) is 5.82 Å². The van der Waals surface area contributed by atoms with Gasteiger partial charge in [0.15, 0.2) is 5.13 Å². The van der Waals surface area contributed by atoms with Crippen LogP contribution in [0.4, 0.5) is 15.2 Å². The van der Waals surface area contributed by atoms with Crippen molar-refractivity contribution in [1.82, 2.24) is 9.88 Å². The number of carbonyl (C=O) groups is 1. The van der Waals surface area contributed by atoms with E-state index in [0.29, 0.717) is 49.7 Å². The molecule has 1 fully saturated rings. The average Bonchev–Trinajstić information content (AvgIpc) is 3.25. The van der Waals surface area contributed by atoms with Gasteiger partial charge in [-0.3, -0.25) is 9.52 Å². The molecule has 0 aliphatic carbocycles. The Morgan fingerprint density at radius 3 is 2.48 bits per heavy atom. The molecule has 2 heterocycles. The number of para-hydroxylation sites is 1. The highest BCUT2D eigenvalue weighted by Crippen LogP contribution is 2.26. The summed E-state index contributed by atoms with van der Waals surface area (Å²) in [6.45, 7) is 2.65. The van der Waals surface area contributed by atoms with Crippen LogP contribution in [0, 0.1) is 5.82 Å². The Morgan fingerprint density at radius 1 is 1.09 bits per heavy atom. The number of anilines is 2. The first-order valence-corrected chi connectivity index (χ1v) is 13.1. The molecule has 1 amide bonds. The van der Waals surface area contributed by atoms with E-state index < -0.39 is 15.8 Å². The molecule has 1 aliphatic rings. The van der Waals surface area contributed by atoms with Crippen molar-refractivity contribution in [2.75, 3.05) is 35.8 Å². The molecular formula is C22H22ClFN4O3S2. The minimum Gasteiger partial charge on any atom is -0.367 e. The Labute approximate surface area is 200 Å². The molecule has 7 nitrogen and oxygen atoms in total. The standard InChI is InChI=1S/C22H22ClFN4O3S2/c23-19-3-1-2-4-20(19)27-11-13-28(14-12-27)21(29)10-7-17-15-32-22(25-17)26-33(30,31)18-8-5-16(24)6-9-18/h1-6,8-9,15H,7,10-14H2,(H,25,26). The zero-order valence-electron chi connectivity index (χ0n) is 17.6. The van der Waals surface area contributed by atoms with Crippen LogP contribution in [-0.2, 0) is 21.2 Å². The number of nitrogens with zero attached hydrogens (tertiary/aromatic N) is 3. The van der Waals surface area contributed by atoms with E-state index >= 15 is 0 Å². The summed E-state index contributed by atoms with van der Waals surface area (Å²) in [5.41, 5.74) is 1.62. The highest BCUT2D eigenvalue weighted by molar-refractivity contribution is 7.93. The van der Waals surface area contributed by atoms with E-state index in [4.69, 9.17) is 11.6 Å². The number of hydrogen-bond donors (Lipinski definition) is 1. The van der Waals surface area contributed by atoms with Gasteiger partial charge in [0, 0.05) is 38.0 Å². The van der Waals surface area contributed by atoms with Crippen LogP contribution in [0.15, 0.2) is 58.8 Å². The molecule has 0 atom stereocenters. The lowest BCUT2D eigenvalue weighted by molar-refractivity contribution is -0.131. The van der Waals surface area contributed by atoms with Crippen LogP contribution in [0.25, 0.3) is 0 Å². The first kappa shape index (κ1) is 23.5. The van der Waals surface area contributed by atoms with Crippen molar-refractivity contribution in [1.29, 1.82) is 0 Å². The highest BCUT2D eigenvalue weighted by Gasteiger charge is 2.22. The summed E-state index contributed by atoms with van der Waals surface area (Å²) in [5.74, 6) is -0.476. The van der Waals surface area contributed by atoms with Crippen LogP contribution in [0.2, 0.25) is 5.02 Å². The number of sulfonamides is 1. The SMILES string of the molecule is O=C(CCc1csc(NS(=O)(=O)c2ccc(F)cc2)n1)N1CCN(c2ccccc2Cl)CC1. The van der Waals surface area contributed by atoms with Crippen LogP contribution >= 0.6 is 22.9 Å². The number of amides is 1. The normalized spacial score (nSPS) is 14.4. The van der Waals surface area contributed by atoms with E-state index in [1.807, 2.05) is 29.2 Å². The van der Waals surface area contributed by atoms with Crippen LogP contribution in [0.5, 0.6) is 0 Å². The average molecular weight is 509 g/mol. The number of rotatable bonds is 7. The van der Waals surface area contributed by atoms with Gasteiger partial charge in [-0.2, -0.15) is 0 Å². The molecule has 4 rings (SSSR count). The maximum absolute atomic E-state index is 13.0. The van der Waals surface area contributed by atoms with Crippen LogP contribution in [-0.4, -0.2) is 50.4 Å². The maximum atomic E-state index is 13.0. The molecule has 0 bridgehead atoms. The fourth-order valence-electron chi connectivity index (χ4n) is 3.55. The van der Waals surface area contributed by atoms with E-state index in [9.17, 15) is 17.6 Å². The van der Waals surface area contributed by atoms with Gasteiger partial charge in [-0.05, 0) is 42.8 Å². The van der Waals surface area contributed by atoms with Crippen molar-refractivity contribution in [3.63, 3.8) is 0 Å². The Balaban J connectivity index is 1.27. The second kappa shape index (κ2) is 10.1. The first-order valence-electron chi connectivity index (χ1n) is 10.3. The summed E-state index contributed by atoms with van der Waals surface area (Å²) in [7, 11) is -3.85. The fraction of sp³-hybridized carbons (Fsp3) is 0.273. The summed E-state index contributed by atoms with van der Waals surface area (Å²) < 4.78 is 40.2. The quantitative estimate of drug-likeness (QED) is 0.521. The number of aryl methyl sites for hydroxylation is 1. The van der Waals surface area contributed by atoms with Crippen molar-refractivity contribution in [2.45, 2.75) is 17.7 Å². The van der Waals surface area contributed by atoms with Crippen molar-refractivity contribution < 1.29 is 17.6 Å². The van der Waals surface area contributed by atoms with E-state index in [1.165, 1.54) is 12.1 Å². The third kappa shape index (κ3) is 5.82. The van der Waals surface area contributed by atoms with E-state index in [1.54, 1.807) is 5.38 Å². The van der Waals surface area contributed by atoms with Crippen LogP contribution in [0.3, 0.4) is 0 Å². The number of nitrogens with one attached hydrogen (secondary N) is 1. The van der Waals surface area contributed by atoms with Gasteiger partial charge in [0.25, 0.3) is 10.0 Å². The van der Waals surface area contributed by atoms with Crippen molar-refractivity contribution in [3.8, 4) is 0 Å². The number of benzene rings is 2. The minimum atomic E-state index is -3.85. The fourth-order valence-corrected chi connectivity index (χ4v) is 5.81. The summed E-state index contributed by atoms with van der Waals surface area (Å²) in [5, 5.41) is 2.63. The summed E-state index contributed by atoms with van der Waals surface area (Å²) >= 11 is 7.41. The van der Waals surface area contributed by atoms with E-state index in [-0.39, 0.29) is 15.9 Å². The lowest BCUT2D eigenvalue weighted by atomic mass is 10.2. The van der Waals surface area contributed by atoms with Crippen molar-refractivity contribution in [2.24, 2.45) is 0 Å². The molecule has 11 heteroatoms. The zero-order valence-corrected chi connectivity index (χ0v) is 20.0. The number of aromatic nitrogens is 1. The first-order chi connectivity index (χ1) is 15.8. The second-order valence-electron chi connectivity index (χ2n) is 7.52. The minimum absolute atomic E-state index is 0.0373. The molecule has 0 unspecified atom stereocenters. The van der Waals surface area contributed by atoms with Gasteiger partial charge in [-0.15, -0.1) is 11.3 Å². The monoisotopic (exact) mass is 508 g/mol. The molecule has 1 saturated heterocycles. The molecule has 2 aromatic carbocycles. The molecule has 3 aromatic rings. The Morgan fingerprint density at radius 2 is 1.79 bits per heavy atom. The third-order valence-electron chi connectivity index (χ3n) is 5.32. The number of thiazole rings is 1. The van der Waals surface area contributed by atoms with Gasteiger partial charge in [0.2, 0.25) is 5.91 Å². The van der Waals surface area contributed by atoms with Gasteiger partial charge in [0.05, 0.1) is 21.3 Å². The maximum Gasteiger partial charge on any atom is 0.263 e. The Bertz CT molecular complexity index is 1230. The molecular weight excluding hydrogens is 487 g/mol. The van der Waals surface area contributed by atoms with Crippen molar-refractivity contribution >= 4 is 49.7 Å². The van der Waals surface area contributed by atoms with Gasteiger partial charge >= 0.3 is 0 Å². The smallest absolute Gasteiger partial charge is 0.263 e. The lowest BCUT2D eigenvalue weighted by Crippen LogP contribution is -2.48.